The van der Waals surface area contributed by atoms with Crippen molar-refractivity contribution in [1.82, 2.24) is 14.9 Å². The van der Waals surface area contributed by atoms with Gasteiger partial charge < -0.3 is 9.80 Å². The van der Waals surface area contributed by atoms with E-state index in [1.54, 1.807) is 6.33 Å². The van der Waals surface area contributed by atoms with E-state index in [0.29, 0.717) is 0 Å². The number of hydrogen-bond acceptors (Lipinski definition) is 4. The summed E-state index contributed by atoms with van der Waals surface area (Å²) in [7, 11) is 4.31. The van der Waals surface area contributed by atoms with Crippen molar-refractivity contribution in [2.45, 2.75) is 12.8 Å². The molecule has 0 spiro atoms. The van der Waals surface area contributed by atoms with Gasteiger partial charge in [-0.2, -0.15) is 0 Å². The van der Waals surface area contributed by atoms with E-state index < -0.39 is 0 Å². The number of halogens is 1. The second-order valence-corrected chi connectivity index (χ2v) is 6.05. The molecule has 4 nitrogen and oxygen atoms in total. The predicted octanol–water partition coefficient (Wildman–Crippen LogP) is 1.86. The average molecular weight is 346 g/mol. The van der Waals surface area contributed by atoms with Gasteiger partial charge >= 0.3 is 0 Å². The molecule has 1 aromatic heterocycles. The maximum absolute atomic E-state index is 4.38. The molecular formula is C12H19IN4. The van der Waals surface area contributed by atoms with Crippen molar-refractivity contribution in [1.29, 1.82) is 0 Å². The maximum Gasteiger partial charge on any atom is 0.145 e. The van der Waals surface area contributed by atoms with Crippen molar-refractivity contribution in [2.75, 3.05) is 38.6 Å². The van der Waals surface area contributed by atoms with Crippen LogP contribution in [0.5, 0.6) is 0 Å². The summed E-state index contributed by atoms with van der Waals surface area (Å²) in [6.45, 7) is 3.44. The Bertz CT molecular complexity index is 361. The lowest BCUT2D eigenvalue weighted by Crippen LogP contribution is -2.37. The fourth-order valence-corrected chi connectivity index (χ4v) is 3.02. The van der Waals surface area contributed by atoms with Crippen molar-refractivity contribution < 1.29 is 0 Å². The zero-order valence-electron chi connectivity index (χ0n) is 10.4. The average Bonchev–Trinajstić information content (AvgIpc) is 2.30. The van der Waals surface area contributed by atoms with Crippen LogP contribution in [-0.4, -0.2) is 48.6 Å². The van der Waals surface area contributed by atoms with Crippen molar-refractivity contribution >= 4 is 28.4 Å². The van der Waals surface area contributed by atoms with Crippen LogP contribution in [0.25, 0.3) is 0 Å². The van der Waals surface area contributed by atoms with Crippen LogP contribution in [0, 0.1) is 9.49 Å². The third kappa shape index (κ3) is 3.51. The Kier molecular flexibility index (Phi) is 4.55. The summed E-state index contributed by atoms with van der Waals surface area (Å²) in [5.41, 5.74) is 0. The van der Waals surface area contributed by atoms with E-state index in [1.807, 2.05) is 6.20 Å². The van der Waals surface area contributed by atoms with Crippen LogP contribution in [0.2, 0.25) is 0 Å². The highest BCUT2D eigenvalue weighted by Gasteiger charge is 2.21. The first-order valence-corrected chi connectivity index (χ1v) is 7.10. The maximum atomic E-state index is 4.38. The normalized spacial score (nSPS) is 17.8. The molecule has 0 unspecified atom stereocenters. The Balaban J connectivity index is 1.93. The molecular weight excluding hydrogens is 327 g/mol. The lowest BCUT2D eigenvalue weighted by Gasteiger charge is -2.34. The second kappa shape index (κ2) is 5.95. The van der Waals surface area contributed by atoms with Gasteiger partial charge in [-0.15, -0.1) is 0 Å². The van der Waals surface area contributed by atoms with E-state index in [-0.39, 0.29) is 0 Å². The number of nitrogens with zero attached hydrogens (tertiary/aromatic N) is 4. The number of anilines is 1. The van der Waals surface area contributed by atoms with Crippen molar-refractivity contribution in [3.05, 3.63) is 16.1 Å². The molecule has 0 amide bonds. The fourth-order valence-electron chi connectivity index (χ4n) is 2.38. The highest BCUT2D eigenvalue weighted by atomic mass is 127. The van der Waals surface area contributed by atoms with Gasteiger partial charge in [0.15, 0.2) is 0 Å². The summed E-state index contributed by atoms with van der Waals surface area (Å²) < 4.78 is 1.15. The Labute approximate surface area is 117 Å². The van der Waals surface area contributed by atoms with Crippen LogP contribution in [0.4, 0.5) is 5.82 Å². The van der Waals surface area contributed by atoms with Gasteiger partial charge in [-0.25, -0.2) is 9.97 Å². The minimum absolute atomic E-state index is 0.834. The Morgan fingerprint density at radius 2 is 2.12 bits per heavy atom. The van der Waals surface area contributed by atoms with E-state index >= 15 is 0 Å². The first-order chi connectivity index (χ1) is 8.16. The lowest BCUT2D eigenvalue weighted by atomic mass is 9.96. The Morgan fingerprint density at radius 1 is 1.41 bits per heavy atom. The standard InChI is InChI=1S/C12H19IN4/c1-16(2)8-10-3-5-17(6-4-10)12-11(13)7-14-9-15-12/h7,9-10H,3-6,8H2,1-2H3. The number of hydrogen-bond donors (Lipinski definition) is 0. The third-order valence-corrected chi connectivity index (χ3v) is 3.95. The molecule has 0 aromatic carbocycles. The molecule has 1 fully saturated rings. The van der Waals surface area contributed by atoms with E-state index in [4.69, 9.17) is 0 Å². The fraction of sp³-hybridized carbons (Fsp3) is 0.667. The summed E-state index contributed by atoms with van der Waals surface area (Å²) in [6.07, 6.45) is 6.05. The molecule has 1 aliphatic rings. The van der Waals surface area contributed by atoms with Gasteiger partial charge in [0.05, 0.1) is 3.57 Å². The molecule has 0 aliphatic carbocycles. The van der Waals surface area contributed by atoms with Crippen LogP contribution in [0.3, 0.4) is 0 Å². The topological polar surface area (TPSA) is 32.3 Å². The van der Waals surface area contributed by atoms with Gasteiger partial charge in [-0.1, -0.05) is 0 Å². The van der Waals surface area contributed by atoms with Crippen molar-refractivity contribution in [3.63, 3.8) is 0 Å². The zero-order chi connectivity index (χ0) is 12.3. The Hall–Kier alpha value is -0.430. The molecule has 94 valence electrons. The van der Waals surface area contributed by atoms with Gasteiger partial charge in [0.1, 0.15) is 12.1 Å². The largest absolute Gasteiger partial charge is 0.356 e. The molecule has 0 atom stereocenters. The van der Waals surface area contributed by atoms with Crippen LogP contribution in [0.1, 0.15) is 12.8 Å². The molecule has 5 heteroatoms. The Morgan fingerprint density at radius 3 is 2.71 bits per heavy atom. The monoisotopic (exact) mass is 346 g/mol. The quantitative estimate of drug-likeness (QED) is 0.782. The minimum atomic E-state index is 0.834. The summed E-state index contributed by atoms with van der Waals surface area (Å²) in [4.78, 5) is 13.1. The number of aromatic nitrogens is 2. The van der Waals surface area contributed by atoms with Gasteiger partial charge in [-0.05, 0) is 55.4 Å². The van der Waals surface area contributed by atoms with Gasteiger partial charge in [-0.3, -0.25) is 0 Å². The first-order valence-electron chi connectivity index (χ1n) is 6.02. The van der Waals surface area contributed by atoms with Gasteiger partial charge in [0, 0.05) is 25.8 Å². The number of piperidine rings is 1. The predicted molar refractivity (Wildman–Crippen MR) is 78.2 cm³/mol. The second-order valence-electron chi connectivity index (χ2n) is 4.89. The van der Waals surface area contributed by atoms with Crippen LogP contribution in [-0.2, 0) is 0 Å². The van der Waals surface area contributed by atoms with E-state index in [9.17, 15) is 0 Å². The summed E-state index contributed by atoms with van der Waals surface area (Å²) in [5.74, 6) is 1.93. The van der Waals surface area contributed by atoms with Crippen LogP contribution in [0.15, 0.2) is 12.5 Å². The third-order valence-electron chi connectivity index (χ3n) is 3.19. The summed E-state index contributed by atoms with van der Waals surface area (Å²) in [6, 6.07) is 0. The van der Waals surface area contributed by atoms with Crippen LogP contribution >= 0.6 is 22.6 Å². The lowest BCUT2D eigenvalue weighted by molar-refractivity contribution is 0.284. The number of rotatable bonds is 3. The highest BCUT2D eigenvalue weighted by molar-refractivity contribution is 14.1. The molecule has 1 aliphatic heterocycles. The molecule has 0 bridgehead atoms. The molecule has 0 N–H and O–H groups in total. The molecule has 2 heterocycles. The minimum Gasteiger partial charge on any atom is -0.356 e. The smallest absolute Gasteiger partial charge is 0.145 e. The zero-order valence-corrected chi connectivity index (χ0v) is 12.6. The molecule has 0 saturated carbocycles. The van der Waals surface area contributed by atoms with Gasteiger partial charge in [0.2, 0.25) is 0 Å². The SMILES string of the molecule is CN(C)CC1CCN(c2ncncc2I)CC1. The van der Waals surface area contributed by atoms with Crippen LogP contribution < -0.4 is 4.90 Å². The summed E-state index contributed by atoms with van der Waals surface area (Å²) in [5, 5.41) is 0. The molecule has 17 heavy (non-hydrogen) atoms. The van der Waals surface area contributed by atoms with Crippen molar-refractivity contribution in [2.24, 2.45) is 5.92 Å². The van der Waals surface area contributed by atoms with Crippen molar-refractivity contribution in [3.8, 4) is 0 Å². The molecule has 0 radical (unpaired) electrons. The van der Waals surface area contributed by atoms with E-state index in [2.05, 4.69) is 56.5 Å². The molecule has 1 aromatic rings. The molecule has 2 rings (SSSR count). The first kappa shape index (κ1) is 13.0. The highest BCUT2D eigenvalue weighted by Crippen LogP contribution is 2.24. The van der Waals surface area contributed by atoms with E-state index in [0.717, 1.165) is 28.4 Å². The van der Waals surface area contributed by atoms with E-state index in [1.165, 1.54) is 19.4 Å². The molecule has 1 saturated heterocycles. The van der Waals surface area contributed by atoms with Gasteiger partial charge in [0.25, 0.3) is 0 Å². The summed E-state index contributed by atoms with van der Waals surface area (Å²) >= 11 is 2.31.